The number of ether oxygens (including phenoxy) is 2. The molecule has 6 nitrogen and oxygen atoms in total. The molecule has 2 saturated heterocycles. The average molecular weight is 407 g/mol. The molecular weight excluding hydrogens is 384 g/mol. The van der Waals surface area contributed by atoms with Crippen molar-refractivity contribution in [2.45, 2.75) is 23.8 Å². The Morgan fingerprint density at radius 2 is 1.83 bits per heavy atom. The van der Waals surface area contributed by atoms with Crippen molar-refractivity contribution in [1.29, 1.82) is 10.5 Å². The summed E-state index contributed by atoms with van der Waals surface area (Å²) in [6.07, 6.45) is 2.18. The monoisotopic (exact) mass is 406 g/mol. The fourth-order valence-corrected chi connectivity index (χ4v) is 4.74. The van der Waals surface area contributed by atoms with Crippen LogP contribution in [0.3, 0.4) is 0 Å². The lowest BCUT2D eigenvalue weighted by Gasteiger charge is -2.25. The molecule has 0 bridgehead atoms. The average Bonchev–Trinajstić information content (AvgIpc) is 2.73. The van der Waals surface area contributed by atoms with Crippen molar-refractivity contribution in [3.63, 3.8) is 0 Å². The van der Waals surface area contributed by atoms with E-state index in [0.717, 1.165) is 50.6 Å². The SMILES string of the molecule is N#Cc1c(N)nc(SCC2COC2)c(C#N)c1-c1ccc(C2CCCOC2)cc1. The first-order valence-electron chi connectivity index (χ1n) is 9.73. The van der Waals surface area contributed by atoms with Gasteiger partial charge in [0.05, 0.1) is 25.4 Å². The summed E-state index contributed by atoms with van der Waals surface area (Å²) < 4.78 is 10.8. The van der Waals surface area contributed by atoms with Gasteiger partial charge in [0.15, 0.2) is 0 Å². The number of aromatic nitrogens is 1. The Morgan fingerprint density at radius 3 is 2.41 bits per heavy atom. The highest BCUT2D eigenvalue weighted by molar-refractivity contribution is 7.99. The van der Waals surface area contributed by atoms with E-state index < -0.39 is 0 Å². The van der Waals surface area contributed by atoms with Crippen molar-refractivity contribution in [2.75, 3.05) is 37.9 Å². The molecule has 1 aromatic heterocycles. The number of nitrogen functional groups attached to an aromatic ring is 1. The van der Waals surface area contributed by atoms with Crippen molar-refractivity contribution in [1.82, 2.24) is 4.98 Å². The number of rotatable bonds is 5. The number of nitrogens with zero attached hydrogens (tertiary/aromatic N) is 3. The van der Waals surface area contributed by atoms with Crippen LogP contribution in [0, 0.1) is 28.6 Å². The van der Waals surface area contributed by atoms with Gasteiger partial charge < -0.3 is 15.2 Å². The number of anilines is 1. The Balaban J connectivity index is 1.70. The van der Waals surface area contributed by atoms with Crippen molar-refractivity contribution in [3.8, 4) is 23.3 Å². The van der Waals surface area contributed by atoms with E-state index in [1.54, 1.807) is 0 Å². The van der Waals surface area contributed by atoms with Crippen LogP contribution in [0.5, 0.6) is 0 Å². The first-order chi connectivity index (χ1) is 14.2. The molecule has 29 heavy (non-hydrogen) atoms. The lowest BCUT2D eigenvalue weighted by atomic mass is 9.90. The lowest BCUT2D eigenvalue weighted by Crippen LogP contribution is -2.29. The standard InChI is InChI=1S/C22H22N4O2S/c23-8-18-20(16-5-3-15(4-6-16)17-2-1-7-27-12-17)19(9-24)22(26-21(18)25)29-13-14-10-28-11-14/h3-6,14,17H,1-2,7,10-13H2,(H2,25,26). The van der Waals surface area contributed by atoms with Gasteiger partial charge in [0.2, 0.25) is 0 Å². The van der Waals surface area contributed by atoms with Crippen LogP contribution < -0.4 is 5.73 Å². The predicted octanol–water partition coefficient (Wildman–Crippen LogP) is 3.71. The minimum atomic E-state index is 0.165. The molecule has 2 N–H and O–H groups in total. The summed E-state index contributed by atoms with van der Waals surface area (Å²) >= 11 is 1.50. The molecule has 2 fully saturated rings. The first-order valence-corrected chi connectivity index (χ1v) is 10.7. The van der Waals surface area contributed by atoms with Crippen LogP contribution in [-0.2, 0) is 9.47 Å². The Morgan fingerprint density at radius 1 is 1.07 bits per heavy atom. The summed E-state index contributed by atoms with van der Waals surface area (Å²) in [7, 11) is 0. The van der Waals surface area contributed by atoms with E-state index in [1.165, 1.54) is 17.3 Å². The number of hydrogen-bond acceptors (Lipinski definition) is 7. The van der Waals surface area contributed by atoms with Crippen LogP contribution >= 0.6 is 11.8 Å². The molecular formula is C22H22N4O2S. The molecule has 1 atom stereocenters. The van der Waals surface area contributed by atoms with Gasteiger partial charge in [-0.25, -0.2) is 4.98 Å². The molecule has 2 aliphatic rings. The molecule has 0 radical (unpaired) electrons. The fraction of sp³-hybridized carbons (Fsp3) is 0.409. The molecule has 4 rings (SSSR count). The van der Waals surface area contributed by atoms with Gasteiger partial charge in [0, 0.05) is 29.8 Å². The molecule has 0 saturated carbocycles. The van der Waals surface area contributed by atoms with E-state index in [9.17, 15) is 10.5 Å². The number of pyridine rings is 1. The molecule has 148 valence electrons. The molecule has 2 aliphatic heterocycles. The third kappa shape index (κ3) is 4.09. The quantitative estimate of drug-likeness (QED) is 0.755. The van der Waals surface area contributed by atoms with Crippen LogP contribution in [-0.4, -0.2) is 37.2 Å². The number of hydrogen-bond donors (Lipinski definition) is 1. The van der Waals surface area contributed by atoms with E-state index in [-0.39, 0.29) is 11.4 Å². The highest BCUT2D eigenvalue weighted by Crippen LogP contribution is 2.37. The maximum absolute atomic E-state index is 9.87. The molecule has 3 heterocycles. The van der Waals surface area contributed by atoms with Gasteiger partial charge in [0.1, 0.15) is 28.5 Å². The highest BCUT2D eigenvalue weighted by Gasteiger charge is 2.24. The molecule has 1 unspecified atom stereocenters. The van der Waals surface area contributed by atoms with Gasteiger partial charge in [-0.1, -0.05) is 24.3 Å². The van der Waals surface area contributed by atoms with E-state index >= 15 is 0 Å². The summed E-state index contributed by atoms with van der Waals surface area (Å²) in [6.45, 7) is 3.04. The molecule has 7 heteroatoms. The summed E-state index contributed by atoms with van der Waals surface area (Å²) in [6, 6.07) is 12.5. The zero-order valence-corrected chi connectivity index (χ0v) is 16.9. The number of thioether (sulfide) groups is 1. The van der Waals surface area contributed by atoms with Gasteiger partial charge in [-0.15, -0.1) is 11.8 Å². The summed E-state index contributed by atoms with van der Waals surface area (Å²) in [5.41, 5.74) is 9.36. The van der Waals surface area contributed by atoms with E-state index in [2.05, 4.69) is 29.3 Å². The van der Waals surface area contributed by atoms with Gasteiger partial charge in [-0.05, 0) is 24.0 Å². The third-order valence-electron chi connectivity index (χ3n) is 5.41. The maximum atomic E-state index is 9.87. The van der Waals surface area contributed by atoms with Gasteiger partial charge in [-0.2, -0.15) is 10.5 Å². The number of benzene rings is 1. The van der Waals surface area contributed by atoms with Crippen molar-refractivity contribution < 1.29 is 9.47 Å². The second-order valence-electron chi connectivity index (χ2n) is 7.40. The summed E-state index contributed by atoms with van der Waals surface area (Å²) in [5.74, 6) is 1.83. The van der Waals surface area contributed by atoms with E-state index in [4.69, 9.17) is 15.2 Å². The zero-order chi connectivity index (χ0) is 20.2. The summed E-state index contributed by atoms with van der Waals surface area (Å²) in [5, 5.41) is 20.1. The molecule has 2 aromatic rings. The Hall–Kier alpha value is -2.58. The van der Waals surface area contributed by atoms with Crippen molar-refractivity contribution >= 4 is 17.6 Å². The first kappa shape index (κ1) is 19.7. The van der Waals surface area contributed by atoms with Crippen LogP contribution in [0.15, 0.2) is 29.3 Å². The van der Waals surface area contributed by atoms with Crippen LogP contribution in [0.2, 0.25) is 0 Å². The summed E-state index contributed by atoms with van der Waals surface area (Å²) in [4.78, 5) is 4.36. The van der Waals surface area contributed by atoms with Crippen LogP contribution in [0.25, 0.3) is 11.1 Å². The second kappa shape index (κ2) is 8.84. The number of nitrogens with two attached hydrogens (primary N) is 1. The minimum absolute atomic E-state index is 0.165. The smallest absolute Gasteiger partial charge is 0.143 e. The molecule has 0 aliphatic carbocycles. The van der Waals surface area contributed by atoms with Crippen LogP contribution in [0.4, 0.5) is 5.82 Å². The highest BCUT2D eigenvalue weighted by atomic mass is 32.2. The zero-order valence-electron chi connectivity index (χ0n) is 16.1. The van der Waals surface area contributed by atoms with Crippen molar-refractivity contribution in [3.05, 3.63) is 41.0 Å². The Kier molecular flexibility index (Phi) is 6.01. The molecule has 1 aromatic carbocycles. The second-order valence-corrected chi connectivity index (χ2v) is 8.41. The van der Waals surface area contributed by atoms with Gasteiger partial charge in [0.25, 0.3) is 0 Å². The predicted molar refractivity (Wildman–Crippen MR) is 111 cm³/mol. The van der Waals surface area contributed by atoms with Crippen LogP contribution in [0.1, 0.15) is 35.4 Å². The largest absolute Gasteiger partial charge is 0.383 e. The molecule has 0 spiro atoms. The Bertz CT molecular complexity index is 968. The normalized spacial score (nSPS) is 19.2. The third-order valence-corrected chi connectivity index (χ3v) is 6.62. The fourth-order valence-electron chi connectivity index (χ4n) is 3.69. The molecule has 0 amide bonds. The number of nitriles is 2. The van der Waals surface area contributed by atoms with Gasteiger partial charge in [-0.3, -0.25) is 0 Å². The lowest BCUT2D eigenvalue weighted by molar-refractivity contribution is -0.0196. The van der Waals surface area contributed by atoms with Crippen molar-refractivity contribution in [2.24, 2.45) is 5.92 Å². The Labute approximate surface area is 174 Å². The van der Waals surface area contributed by atoms with E-state index in [0.29, 0.717) is 28.0 Å². The van der Waals surface area contributed by atoms with Gasteiger partial charge >= 0.3 is 0 Å². The topological polar surface area (TPSA) is 105 Å². The minimum Gasteiger partial charge on any atom is -0.383 e. The van der Waals surface area contributed by atoms with E-state index in [1.807, 2.05) is 12.1 Å². The maximum Gasteiger partial charge on any atom is 0.143 e.